The van der Waals surface area contributed by atoms with Gasteiger partial charge in [-0.25, -0.2) is 4.39 Å². The van der Waals surface area contributed by atoms with Crippen molar-refractivity contribution in [1.29, 1.82) is 0 Å². The van der Waals surface area contributed by atoms with Crippen LogP contribution in [0.15, 0.2) is 72.9 Å². The van der Waals surface area contributed by atoms with Crippen molar-refractivity contribution in [2.75, 3.05) is 6.54 Å². The highest BCUT2D eigenvalue weighted by atomic mass is 19.1. The molecule has 0 N–H and O–H groups in total. The van der Waals surface area contributed by atoms with Crippen molar-refractivity contribution >= 4 is 5.91 Å². The topological polar surface area (TPSA) is 25.2 Å². The van der Waals surface area contributed by atoms with Crippen LogP contribution in [-0.2, 0) is 13.1 Å². The van der Waals surface area contributed by atoms with Gasteiger partial charge in [-0.3, -0.25) is 4.79 Å². The minimum absolute atomic E-state index is 0.134. The molecule has 1 aromatic heterocycles. The zero-order chi connectivity index (χ0) is 19.1. The number of hydrogen-bond acceptors (Lipinski definition) is 1. The standard InChI is InChI=1S/C23H25FN2O/c1-2-3-15-26(23(27)21-13-7-8-14-22(21)24)18-20-12-9-16-25(20)17-19-10-5-4-6-11-19/h4-14,16H,2-3,15,17-18H2,1H3. The number of halogens is 1. The molecule has 1 heterocycles. The number of benzene rings is 2. The summed E-state index contributed by atoms with van der Waals surface area (Å²) in [4.78, 5) is 14.7. The lowest BCUT2D eigenvalue weighted by molar-refractivity contribution is 0.0732. The van der Waals surface area contributed by atoms with Crippen LogP contribution in [0.5, 0.6) is 0 Å². The number of rotatable bonds is 8. The Morgan fingerprint density at radius 2 is 1.74 bits per heavy atom. The van der Waals surface area contributed by atoms with Crippen LogP contribution in [0.25, 0.3) is 0 Å². The molecular formula is C23H25FN2O. The average Bonchev–Trinajstić information content (AvgIpc) is 3.12. The molecule has 0 aliphatic heterocycles. The van der Waals surface area contributed by atoms with Crippen molar-refractivity contribution in [3.8, 4) is 0 Å². The van der Waals surface area contributed by atoms with Crippen LogP contribution in [0.3, 0.4) is 0 Å². The van der Waals surface area contributed by atoms with Gasteiger partial charge >= 0.3 is 0 Å². The van der Waals surface area contributed by atoms with Crippen molar-refractivity contribution in [1.82, 2.24) is 9.47 Å². The number of aromatic nitrogens is 1. The van der Waals surface area contributed by atoms with Gasteiger partial charge in [-0.1, -0.05) is 55.8 Å². The first-order valence-electron chi connectivity index (χ1n) is 9.40. The maximum atomic E-state index is 14.1. The lowest BCUT2D eigenvalue weighted by Gasteiger charge is -2.24. The smallest absolute Gasteiger partial charge is 0.257 e. The van der Waals surface area contributed by atoms with E-state index in [1.807, 2.05) is 36.5 Å². The molecule has 0 saturated carbocycles. The number of carbonyl (C=O) groups excluding carboxylic acids is 1. The fourth-order valence-electron chi connectivity index (χ4n) is 3.13. The Morgan fingerprint density at radius 1 is 1.00 bits per heavy atom. The summed E-state index contributed by atoms with van der Waals surface area (Å²) in [5.74, 6) is -0.724. The van der Waals surface area contributed by atoms with Gasteiger partial charge in [0, 0.05) is 25.0 Å². The van der Waals surface area contributed by atoms with Crippen molar-refractivity contribution in [2.45, 2.75) is 32.9 Å². The fourth-order valence-corrected chi connectivity index (χ4v) is 3.13. The molecule has 4 heteroatoms. The van der Waals surface area contributed by atoms with Crippen molar-refractivity contribution in [3.05, 3.63) is 95.6 Å². The van der Waals surface area contributed by atoms with Crippen LogP contribution in [-0.4, -0.2) is 21.9 Å². The van der Waals surface area contributed by atoms with Gasteiger partial charge in [0.2, 0.25) is 0 Å². The molecule has 0 saturated heterocycles. The van der Waals surface area contributed by atoms with Crippen LogP contribution in [0, 0.1) is 5.82 Å². The van der Waals surface area contributed by atoms with Gasteiger partial charge in [0.1, 0.15) is 5.82 Å². The third kappa shape index (κ3) is 4.85. The van der Waals surface area contributed by atoms with E-state index in [1.54, 1.807) is 23.1 Å². The Bertz CT molecular complexity index is 873. The van der Waals surface area contributed by atoms with Crippen molar-refractivity contribution < 1.29 is 9.18 Å². The highest BCUT2D eigenvalue weighted by molar-refractivity contribution is 5.94. The summed E-state index contributed by atoms with van der Waals surface area (Å²) >= 11 is 0. The summed E-state index contributed by atoms with van der Waals surface area (Å²) in [6.45, 7) is 3.91. The Labute approximate surface area is 160 Å². The van der Waals surface area contributed by atoms with Gasteiger partial charge in [-0.2, -0.15) is 0 Å². The minimum atomic E-state index is -0.469. The lowest BCUT2D eigenvalue weighted by Crippen LogP contribution is -2.33. The van der Waals surface area contributed by atoms with Crippen LogP contribution in [0.2, 0.25) is 0 Å². The summed E-state index contributed by atoms with van der Waals surface area (Å²) in [6.07, 6.45) is 3.89. The van der Waals surface area contributed by atoms with E-state index in [4.69, 9.17) is 0 Å². The monoisotopic (exact) mass is 364 g/mol. The van der Waals surface area contributed by atoms with E-state index in [0.717, 1.165) is 25.1 Å². The number of nitrogens with zero attached hydrogens (tertiary/aromatic N) is 2. The van der Waals surface area contributed by atoms with Gasteiger partial charge in [0.15, 0.2) is 0 Å². The molecule has 0 unspecified atom stereocenters. The Hall–Kier alpha value is -2.88. The predicted molar refractivity (Wildman–Crippen MR) is 106 cm³/mol. The van der Waals surface area contributed by atoms with E-state index >= 15 is 0 Å². The molecule has 0 aliphatic rings. The predicted octanol–water partition coefficient (Wildman–Crippen LogP) is 5.12. The molecule has 0 bridgehead atoms. The Morgan fingerprint density at radius 3 is 2.48 bits per heavy atom. The first kappa shape index (κ1) is 18.9. The van der Waals surface area contributed by atoms with Gasteiger partial charge in [-0.05, 0) is 36.2 Å². The first-order chi connectivity index (χ1) is 13.2. The number of unbranched alkanes of at least 4 members (excludes halogenated alkanes) is 1. The number of carbonyl (C=O) groups is 1. The highest BCUT2D eigenvalue weighted by Crippen LogP contribution is 2.16. The molecular weight excluding hydrogens is 339 g/mol. The van der Waals surface area contributed by atoms with Crippen LogP contribution >= 0.6 is 0 Å². The van der Waals surface area contributed by atoms with Crippen molar-refractivity contribution in [2.24, 2.45) is 0 Å². The van der Waals surface area contributed by atoms with Crippen LogP contribution in [0.1, 0.15) is 41.4 Å². The molecule has 3 rings (SSSR count). The van der Waals surface area contributed by atoms with Gasteiger partial charge in [-0.15, -0.1) is 0 Å². The third-order valence-corrected chi connectivity index (χ3v) is 4.65. The third-order valence-electron chi connectivity index (χ3n) is 4.65. The summed E-state index contributed by atoms with van der Waals surface area (Å²) in [6, 6.07) is 20.4. The van der Waals surface area contributed by atoms with E-state index < -0.39 is 5.82 Å². The first-order valence-corrected chi connectivity index (χ1v) is 9.40. The van der Waals surface area contributed by atoms with Crippen molar-refractivity contribution in [3.63, 3.8) is 0 Å². The van der Waals surface area contributed by atoms with E-state index in [-0.39, 0.29) is 11.5 Å². The number of hydrogen-bond donors (Lipinski definition) is 0. The lowest BCUT2D eigenvalue weighted by atomic mass is 10.1. The molecule has 0 spiro atoms. The van der Waals surface area contributed by atoms with Gasteiger partial charge < -0.3 is 9.47 Å². The van der Waals surface area contributed by atoms with E-state index in [0.29, 0.717) is 13.1 Å². The summed E-state index contributed by atoms with van der Waals surface area (Å²) in [7, 11) is 0. The second-order valence-electron chi connectivity index (χ2n) is 6.67. The molecule has 0 fully saturated rings. The van der Waals surface area contributed by atoms with Gasteiger partial charge in [0.25, 0.3) is 5.91 Å². The molecule has 3 aromatic rings. The molecule has 140 valence electrons. The highest BCUT2D eigenvalue weighted by Gasteiger charge is 2.20. The maximum absolute atomic E-state index is 14.1. The zero-order valence-corrected chi connectivity index (χ0v) is 15.6. The summed E-state index contributed by atoms with van der Waals surface area (Å²) in [5.41, 5.74) is 2.38. The van der Waals surface area contributed by atoms with Crippen LogP contribution in [0.4, 0.5) is 4.39 Å². The van der Waals surface area contributed by atoms with E-state index in [1.165, 1.54) is 11.6 Å². The van der Waals surface area contributed by atoms with Crippen LogP contribution < -0.4 is 0 Å². The molecule has 0 radical (unpaired) electrons. The summed E-state index contributed by atoms with van der Waals surface area (Å²) in [5, 5.41) is 0. The number of amides is 1. The Kier molecular flexibility index (Phi) is 6.42. The SMILES string of the molecule is CCCCN(Cc1cccn1Cc1ccccc1)C(=O)c1ccccc1F. The molecule has 3 nitrogen and oxygen atoms in total. The molecule has 0 atom stereocenters. The quantitative estimate of drug-likeness (QED) is 0.545. The molecule has 0 aliphatic carbocycles. The fraction of sp³-hybridized carbons (Fsp3) is 0.261. The second-order valence-corrected chi connectivity index (χ2v) is 6.67. The Balaban J connectivity index is 1.80. The van der Waals surface area contributed by atoms with Gasteiger partial charge in [0.05, 0.1) is 12.1 Å². The second kappa shape index (κ2) is 9.17. The summed E-state index contributed by atoms with van der Waals surface area (Å²) < 4.78 is 16.3. The van der Waals surface area contributed by atoms with E-state index in [9.17, 15) is 9.18 Å². The molecule has 2 aromatic carbocycles. The molecule has 27 heavy (non-hydrogen) atoms. The zero-order valence-electron chi connectivity index (χ0n) is 15.6. The maximum Gasteiger partial charge on any atom is 0.257 e. The average molecular weight is 364 g/mol. The minimum Gasteiger partial charge on any atom is -0.345 e. The molecule has 1 amide bonds. The normalized spacial score (nSPS) is 10.7. The van der Waals surface area contributed by atoms with E-state index in [2.05, 4.69) is 23.6 Å². The largest absolute Gasteiger partial charge is 0.345 e.